The number of amides is 1. The molecule has 0 bridgehead atoms. The van der Waals surface area contributed by atoms with Crippen molar-refractivity contribution in [3.63, 3.8) is 0 Å². The Morgan fingerprint density at radius 2 is 1.64 bits per heavy atom. The first-order valence-corrected chi connectivity index (χ1v) is 12.6. The largest absolute Gasteiger partial charge is 0.497 e. The number of methoxy groups -OCH3 is 2. The smallest absolute Gasteiger partial charge is 0.276 e. The summed E-state index contributed by atoms with van der Waals surface area (Å²) < 4.78 is 10.6. The molecular weight excluding hydrogens is 495 g/mol. The Labute approximate surface area is 220 Å². The van der Waals surface area contributed by atoms with Gasteiger partial charge in [-0.05, 0) is 84.5 Å². The van der Waals surface area contributed by atoms with Crippen LogP contribution in [0.25, 0.3) is 6.08 Å². The van der Waals surface area contributed by atoms with E-state index in [2.05, 4.69) is 6.08 Å². The van der Waals surface area contributed by atoms with E-state index >= 15 is 0 Å². The molecule has 3 aromatic rings. The molecule has 1 saturated carbocycles. The molecule has 0 spiro atoms. The molecule has 5 rings (SSSR count). The summed E-state index contributed by atoms with van der Waals surface area (Å²) in [6.45, 7) is 0. The van der Waals surface area contributed by atoms with Crippen molar-refractivity contribution in [2.24, 2.45) is 11.0 Å². The van der Waals surface area contributed by atoms with Crippen molar-refractivity contribution in [2.75, 3.05) is 14.2 Å². The number of rotatable bonds is 5. The van der Waals surface area contributed by atoms with Gasteiger partial charge >= 0.3 is 0 Å². The van der Waals surface area contributed by atoms with E-state index in [1.807, 2.05) is 48.5 Å². The highest BCUT2D eigenvalue weighted by Crippen LogP contribution is 2.45. The fourth-order valence-corrected chi connectivity index (χ4v) is 5.48. The van der Waals surface area contributed by atoms with Crippen molar-refractivity contribution in [3.8, 4) is 11.5 Å². The zero-order valence-corrected chi connectivity index (χ0v) is 21.6. The van der Waals surface area contributed by atoms with E-state index in [9.17, 15) is 4.79 Å². The number of hydrogen-bond donors (Lipinski definition) is 0. The van der Waals surface area contributed by atoms with Crippen LogP contribution >= 0.6 is 23.2 Å². The monoisotopic (exact) mass is 520 g/mol. The molecule has 0 saturated heterocycles. The second-order valence-electron chi connectivity index (χ2n) is 8.92. The minimum absolute atomic E-state index is 0.0756. The van der Waals surface area contributed by atoms with E-state index in [-0.39, 0.29) is 17.9 Å². The number of carbonyl (C=O) groups is 1. The summed E-state index contributed by atoms with van der Waals surface area (Å²) in [4.78, 5) is 13.8. The molecule has 1 aliphatic carbocycles. The number of ether oxygens (including phenoxy) is 2. The summed E-state index contributed by atoms with van der Waals surface area (Å²) in [5.74, 6) is 1.41. The first-order valence-electron chi connectivity index (χ1n) is 11.8. The van der Waals surface area contributed by atoms with E-state index in [1.165, 1.54) is 0 Å². The van der Waals surface area contributed by atoms with Crippen molar-refractivity contribution in [3.05, 3.63) is 99.0 Å². The average molecular weight is 521 g/mol. The first kappa shape index (κ1) is 24.4. The van der Waals surface area contributed by atoms with Crippen LogP contribution in [0, 0.1) is 5.92 Å². The summed E-state index contributed by atoms with van der Waals surface area (Å²) in [5.41, 5.74) is 4.55. The van der Waals surface area contributed by atoms with Crippen LogP contribution in [0.4, 0.5) is 0 Å². The normalized spacial score (nSPS) is 20.2. The lowest BCUT2D eigenvalue weighted by atomic mass is 9.77. The van der Waals surface area contributed by atoms with Crippen LogP contribution in [0.1, 0.15) is 46.8 Å². The zero-order valence-electron chi connectivity index (χ0n) is 20.1. The summed E-state index contributed by atoms with van der Waals surface area (Å²) >= 11 is 12.5. The number of halogens is 2. The summed E-state index contributed by atoms with van der Waals surface area (Å²) in [5, 5.41) is 7.34. The molecule has 5 nitrogen and oxygen atoms in total. The Balaban J connectivity index is 1.57. The molecule has 2 unspecified atom stereocenters. The number of allylic oxidation sites excluding steroid dienone is 1. The fourth-order valence-electron chi connectivity index (χ4n) is 4.99. The zero-order chi connectivity index (χ0) is 25.2. The number of carbonyl (C=O) groups excluding carboxylic acids is 1. The second kappa shape index (κ2) is 10.4. The van der Waals surface area contributed by atoms with Gasteiger partial charge in [0.15, 0.2) is 0 Å². The Kier molecular flexibility index (Phi) is 7.04. The standard InChI is InChI=1S/C29H26Cl2N2O3/c1-35-22-11-6-18(7-12-22)16-20-4-3-5-25-27(20)32-33(28(25)19-8-13-23(36-2)14-9-19)29(34)24-15-10-21(30)17-26(24)31/h6-17,25,28H,3-5H2,1-2H3/b20-16+. The van der Waals surface area contributed by atoms with Gasteiger partial charge in [-0.3, -0.25) is 4.79 Å². The topological polar surface area (TPSA) is 51.1 Å². The highest BCUT2D eigenvalue weighted by molar-refractivity contribution is 6.36. The molecule has 36 heavy (non-hydrogen) atoms. The van der Waals surface area contributed by atoms with Gasteiger partial charge in [-0.25, -0.2) is 5.01 Å². The predicted molar refractivity (Wildman–Crippen MR) is 144 cm³/mol. The Morgan fingerprint density at radius 1 is 0.972 bits per heavy atom. The summed E-state index contributed by atoms with van der Waals surface area (Å²) in [6, 6.07) is 20.5. The molecule has 2 atom stereocenters. The Morgan fingerprint density at radius 3 is 2.28 bits per heavy atom. The highest BCUT2D eigenvalue weighted by Gasteiger charge is 2.44. The maximum atomic E-state index is 13.8. The molecule has 0 radical (unpaired) electrons. The summed E-state index contributed by atoms with van der Waals surface area (Å²) in [7, 11) is 3.30. The third-order valence-corrected chi connectivity index (χ3v) is 7.33. The molecule has 7 heteroatoms. The van der Waals surface area contributed by atoms with Crippen LogP contribution in [-0.2, 0) is 0 Å². The molecule has 1 fully saturated rings. The maximum absolute atomic E-state index is 13.8. The number of benzene rings is 3. The van der Waals surface area contributed by atoms with Crippen LogP contribution in [0.15, 0.2) is 77.4 Å². The van der Waals surface area contributed by atoms with E-state index in [0.717, 1.165) is 53.2 Å². The molecule has 2 aliphatic rings. The average Bonchev–Trinajstić information content (AvgIpc) is 3.29. The van der Waals surface area contributed by atoms with Gasteiger partial charge in [0.05, 0.1) is 36.6 Å². The maximum Gasteiger partial charge on any atom is 0.276 e. The summed E-state index contributed by atoms with van der Waals surface area (Å²) in [6.07, 6.45) is 5.02. The highest BCUT2D eigenvalue weighted by atomic mass is 35.5. The molecule has 184 valence electrons. The van der Waals surface area contributed by atoms with Crippen LogP contribution in [0.2, 0.25) is 10.0 Å². The third-order valence-electron chi connectivity index (χ3n) is 6.79. The first-order chi connectivity index (χ1) is 17.5. The van der Waals surface area contributed by atoms with Gasteiger partial charge in [0.1, 0.15) is 11.5 Å². The third kappa shape index (κ3) is 4.73. The molecule has 1 aliphatic heterocycles. The van der Waals surface area contributed by atoms with Crippen molar-refractivity contribution >= 4 is 40.9 Å². The van der Waals surface area contributed by atoms with Crippen molar-refractivity contribution in [2.45, 2.75) is 25.3 Å². The van der Waals surface area contributed by atoms with Gasteiger partial charge in [-0.15, -0.1) is 0 Å². The quantitative estimate of drug-likeness (QED) is 0.351. The van der Waals surface area contributed by atoms with Crippen molar-refractivity contribution in [1.29, 1.82) is 0 Å². The molecule has 3 aromatic carbocycles. The lowest BCUT2D eigenvalue weighted by Crippen LogP contribution is -2.32. The minimum Gasteiger partial charge on any atom is -0.497 e. The number of nitrogens with zero attached hydrogens (tertiary/aromatic N) is 2. The van der Waals surface area contributed by atoms with Crippen molar-refractivity contribution < 1.29 is 14.3 Å². The van der Waals surface area contributed by atoms with E-state index in [0.29, 0.717) is 15.6 Å². The van der Waals surface area contributed by atoms with E-state index in [1.54, 1.807) is 37.4 Å². The predicted octanol–water partition coefficient (Wildman–Crippen LogP) is 7.45. The Bertz CT molecular complexity index is 1330. The number of hydrazone groups is 1. The van der Waals surface area contributed by atoms with Gasteiger partial charge in [-0.2, -0.15) is 5.10 Å². The number of fused-ring (bicyclic) bond motifs is 1. The minimum atomic E-state index is -0.247. The van der Waals surface area contributed by atoms with Crippen LogP contribution in [0.5, 0.6) is 11.5 Å². The van der Waals surface area contributed by atoms with Gasteiger partial charge in [0.2, 0.25) is 0 Å². The van der Waals surface area contributed by atoms with Gasteiger partial charge in [-0.1, -0.05) is 47.5 Å². The van der Waals surface area contributed by atoms with E-state index in [4.69, 9.17) is 37.8 Å². The Hall–Kier alpha value is -3.28. The molecule has 0 aromatic heterocycles. The second-order valence-corrected chi connectivity index (χ2v) is 9.76. The van der Waals surface area contributed by atoms with Crippen LogP contribution in [0.3, 0.4) is 0 Å². The number of hydrogen-bond acceptors (Lipinski definition) is 4. The molecular formula is C29H26Cl2N2O3. The molecule has 1 amide bonds. The van der Waals surface area contributed by atoms with Crippen LogP contribution < -0.4 is 9.47 Å². The van der Waals surface area contributed by atoms with E-state index < -0.39 is 0 Å². The molecule has 1 heterocycles. The lowest BCUT2D eigenvalue weighted by Gasteiger charge is -2.30. The van der Waals surface area contributed by atoms with Crippen LogP contribution in [-0.4, -0.2) is 30.8 Å². The van der Waals surface area contributed by atoms with Gasteiger partial charge in [0.25, 0.3) is 5.91 Å². The SMILES string of the molecule is COc1ccc(/C=C2\CCCC3C2=NN(C(=O)c2ccc(Cl)cc2Cl)C3c2ccc(OC)cc2)cc1. The van der Waals surface area contributed by atoms with Gasteiger partial charge in [0, 0.05) is 10.9 Å². The molecule has 0 N–H and O–H groups in total. The fraction of sp³-hybridized carbons (Fsp3) is 0.241. The van der Waals surface area contributed by atoms with Gasteiger partial charge < -0.3 is 9.47 Å². The van der Waals surface area contributed by atoms with Crippen molar-refractivity contribution in [1.82, 2.24) is 5.01 Å². The lowest BCUT2D eigenvalue weighted by molar-refractivity contribution is 0.0681.